The zero-order chi connectivity index (χ0) is 23.4. The van der Waals surface area contributed by atoms with E-state index in [0.29, 0.717) is 6.42 Å². The van der Waals surface area contributed by atoms with Gasteiger partial charge in [-0.05, 0) is 6.42 Å². The van der Waals surface area contributed by atoms with E-state index in [9.17, 15) is 22.6 Å². The van der Waals surface area contributed by atoms with Gasteiger partial charge in [-0.3, -0.25) is 9.59 Å². The maximum atomic E-state index is 11.8. The molecule has 0 N–H and O–H groups in total. The van der Waals surface area contributed by atoms with Gasteiger partial charge in [-0.2, -0.15) is 0 Å². The average Bonchev–Trinajstić information content (AvgIpc) is 2.72. The van der Waals surface area contributed by atoms with Crippen molar-refractivity contribution in [3.63, 3.8) is 0 Å². The molecule has 0 saturated carbocycles. The van der Waals surface area contributed by atoms with Crippen LogP contribution in [0, 0.1) is 0 Å². The number of hydrogen-bond donors (Lipinski definition) is 0. The van der Waals surface area contributed by atoms with E-state index in [0.717, 1.165) is 19.3 Å². The largest absolute Gasteiger partial charge is 1.00 e. The third-order valence-electron chi connectivity index (χ3n) is 5.07. The Labute approximate surface area is 217 Å². The van der Waals surface area contributed by atoms with E-state index in [1.165, 1.54) is 70.3 Å². The van der Waals surface area contributed by atoms with Crippen LogP contribution in [0.25, 0.3) is 0 Å². The van der Waals surface area contributed by atoms with Crippen LogP contribution in [0.3, 0.4) is 0 Å². The summed E-state index contributed by atoms with van der Waals surface area (Å²) >= 11 is 0. The topological polar surface area (TPSA) is 110 Å². The molecule has 32 heavy (non-hydrogen) atoms. The van der Waals surface area contributed by atoms with Crippen molar-refractivity contribution in [1.29, 1.82) is 0 Å². The predicted octanol–water partition coefficient (Wildman–Crippen LogP) is 2.05. The fourth-order valence-electron chi connectivity index (χ4n) is 3.23. The molecular weight excluding hydrogens is 443 g/mol. The van der Waals surface area contributed by atoms with Crippen LogP contribution in [0.4, 0.5) is 0 Å². The Balaban J connectivity index is 0. The molecule has 0 radical (unpaired) electrons. The van der Waals surface area contributed by atoms with Gasteiger partial charge in [0.2, 0.25) is 0 Å². The van der Waals surface area contributed by atoms with E-state index in [1.807, 2.05) is 0 Å². The third kappa shape index (κ3) is 20.2. The van der Waals surface area contributed by atoms with E-state index >= 15 is 0 Å². The van der Waals surface area contributed by atoms with Crippen molar-refractivity contribution >= 4 is 22.1 Å². The monoisotopic (exact) mass is 484 g/mol. The summed E-state index contributed by atoms with van der Waals surface area (Å²) in [5.41, 5.74) is 0. The zero-order valence-corrected chi connectivity index (χ0v) is 23.0. The summed E-state index contributed by atoms with van der Waals surface area (Å²) in [7, 11) is -5.01. The Kier molecular flexibility index (Phi) is 23.6. The molecule has 0 amide bonds. The molecule has 0 aromatic rings. The van der Waals surface area contributed by atoms with Crippen molar-refractivity contribution in [3.05, 3.63) is 12.7 Å². The molecule has 1 atom stereocenters. The number of carbonyl (C=O) groups excluding carboxylic acids is 2. The van der Waals surface area contributed by atoms with Gasteiger partial charge in [0.15, 0.2) is 5.25 Å². The summed E-state index contributed by atoms with van der Waals surface area (Å²) in [4.78, 5) is 23.4. The molecule has 0 spiro atoms. The van der Waals surface area contributed by atoms with Gasteiger partial charge in [0.05, 0.1) is 13.0 Å². The van der Waals surface area contributed by atoms with Crippen molar-refractivity contribution in [3.8, 4) is 0 Å². The summed E-state index contributed by atoms with van der Waals surface area (Å²) in [6.45, 7) is 5.46. The van der Waals surface area contributed by atoms with Gasteiger partial charge < -0.3 is 14.0 Å². The summed E-state index contributed by atoms with van der Waals surface area (Å²) in [5, 5.41) is -2.09. The molecule has 0 heterocycles. The third-order valence-corrected chi connectivity index (χ3v) is 6.12. The molecule has 0 rings (SSSR count). The van der Waals surface area contributed by atoms with Crippen molar-refractivity contribution in [2.75, 3.05) is 13.2 Å². The normalized spacial score (nSPS) is 11.9. The van der Waals surface area contributed by atoms with Crippen molar-refractivity contribution in [1.82, 2.24) is 0 Å². The first kappa shape index (κ1) is 33.8. The molecule has 0 fully saturated rings. The maximum absolute atomic E-state index is 11.8. The number of rotatable bonds is 21. The Bertz CT molecular complexity index is 593. The van der Waals surface area contributed by atoms with Crippen LogP contribution in [0.15, 0.2) is 12.7 Å². The van der Waals surface area contributed by atoms with Crippen molar-refractivity contribution in [2.45, 2.75) is 108 Å². The van der Waals surface area contributed by atoms with Gasteiger partial charge in [0.1, 0.15) is 16.7 Å². The van der Waals surface area contributed by atoms with Gasteiger partial charge in [0, 0.05) is 0 Å². The van der Waals surface area contributed by atoms with Crippen LogP contribution in [-0.2, 0) is 29.2 Å². The van der Waals surface area contributed by atoms with E-state index in [-0.39, 0.29) is 42.8 Å². The number of ether oxygens (including phenoxy) is 2. The van der Waals surface area contributed by atoms with Crippen LogP contribution >= 0.6 is 0 Å². The van der Waals surface area contributed by atoms with Gasteiger partial charge in [-0.1, -0.05) is 103 Å². The zero-order valence-electron chi connectivity index (χ0n) is 20.1. The van der Waals surface area contributed by atoms with E-state index < -0.39 is 33.7 Å². The minimum Gasteiger partial charge on any atom is -0.747 e. The SMILES string of the molecule is C=CCOC(=O)C(CC(=O)OCCCCCCCCCCCCCCCC)S(=O)(=O)[O-].[Na+]. The van der Waals surface area contributed by atoms with Gasteiger partial charge >= 0.3 is 41.5 Å². The van der Waals surface area contributed by atoms with Crippen molar-refractivity contribution in [2.24, 2.45) is 0 Å². The van der Waals surface area contributed by atoms with Gasteiger partial charge in [-0.15, -0.1) is 0 Å². The molecule has 7 nitrogen and oxygen atoms in total. The molecule has 0 bridgehead atoms. The second kappa shape index (κ2) is 22.4. The minimum atomic E-state index is -5.01. The quantitative estimate of drug-likeness (QED) is 0.0806. The molecule has 0 aromatic heterocycles. The van der Waals surface area contributed by atoms with Crippen molar-refractivity contribution < 1.29 is 61.6 Å². The number of esters is 2. The van der Waals surface area contributed by atoms with Crippen LogP contribution in [0.2, 0.25) is 0 Å². The molecule has 0 aliphatic rings. The molecule has 0 saturated heterocycles. The number of hydrogen-bond acceptors (Lipinski definition) is 7. The van der Waals surface area contributed by atoms with Crippen LogP contribution < -0.4 is 29.6 Å². The second-order valence-corrected chi connectivity index (χ2v) is 9.48. The second-order valence-electron chi connectivity index (χ2n) is 7.92. The molecule has 9 heteroatoms. The molecule has 0 aliphatic carbocycles. The molecule has 0 aliphatic heterocycles. The van der Waals surface area contributed by atoms with E-state index in [4.69, 9.17) is 4.74 Å². The van der Waals surface area contributed by atoms with Crippen LogP contribution in [0.5, 0.6) is 0 Å². The number of carbonyl (C=O) groups is 2. The summed E-state index contributed by atoms with van der Waals surface area (Å²) < 4.78 is 43.1. The molecule has 182 valence electrons. The van der Waals surface area contributed by atoms with Crippen LogP contribution in [0.1, 0.15) is 103 Å². The Morgan fingerprint density at radius 2 is 1.28 bits per heavy atom. The first-order chi connectivity index (χ1) is 14.8. The summed E-state index contributed by atoms with van der Waals surface area (Å²) in [6, 6.07) is 0. The Hall–Kier alpha value is -0.410. The molecule has 0 aromatic carbocycles. The van der Waals surface area contributed by atoms with E-state index in [1.54, 1.807) is 0 Å². The Morgan fingerprint density at radius 3 is 1.69 bits per heavy atom. The fourth-order valence-corrected chi connectivity index (χ4v) is 3.87. The molecular formula is C23H41NaO7S. The predicted molar refractivity (Wildman–Crippen MR) is 121 cm³/mol. The fraction of sp³-hybridized carbons (Fsp3) is 0.826. The average molecular weight is 485 g/mol. The number of unbranched alkanes of at least 4 members (excludes halogenated alkanes) is 13. The Morgan fingerprint density at radius 1 is 0.844 bits per heavy atom. The summed E-state index contributed by atoms with van der Waals surface area (Å²) in [5.74, 6) is -2.15. The standard InChI is InChI=1S/C23H42O7S.Na/c1-3-5-6-7-8-9-10-11-12-13-14-15-16-17-19-29-22(24)20-21(31(26,27)28)23(25)30-18-4-2;/h4,21H,2-3,5-20H2,1H3,(H,26,27,28);/q;+1/p-1. The summed E-state index contributed by atoms with van der Waals surface area (Å²) in [6.07, 6.45) is 17.4. The first-order valence-corrected chi connectivity index (χ1v) is 13.2. The van der Waals surface area contributed by atoms with Gasteiger partial charge in [0.25, 0.3) is 0 Å². The van der Waals surface area contributed by atoms with E-state index in [2.05, 4.69) is 18.2 Å². The maximum Gasteiger partial charge on any atom is 1.00 e. The molecule has 1 unspecified atom stereocenters. The van der Waals surface area contributed by atoms with Gasteiger partial charge in [-0.25, -0.2) is 8.42 Å². The first-order valence-electron chi connectivity index (χ1n) is 11.7. The smallest absolute Gasteiger partial charge is 0.747 e. The van der Waals surface area contributed by atoms with Crippen LogP contribution in [-0.4, -0.2) is 43.4 Å². The minimum absolute atomic E-state index is 0.